The predicted octanol–water partition coefficient (Wildman–Crippen LogP) is 2.66. The fraction of sp³-hybridized carbons (Fsp3) is 0.190. The highest BCUT2D eigenvalue weighted by atomic mass is 19.1. The molecular formula is C21H18FN3O2. The average Bonchev–Trinajstić information content (AvgIpc) is 2.67. The maximum Gasteiger partial charge on any atom is 0.258 e. The summed E-state index contributed by atoms with van der Waals surface area (Å²) in [4.78, 5) is 33.3. The third-order valence-electron chi connectivity index (χ3n) is 4.16. The Bertz CT molecular complexity index is 1050. The van der Waals surface area contributed by atoms with Crippen molar-refractivity contribution in [3.63, 3.8) is 0 Å². The highest BCUT2D eigenvalue weighted by Crippen LogP contribution is 2.10. The van der Waals surface area contributed by atoms with Gasteiger partial charge in [-0.1, -0.05) is 30.2 Å². The molecule has 0 saturated heterocycles. The van der Waals surface area contributed by atoms with Gasteiger partial charge in [-0.2, -0.15) is 0 Å². The van der Waals surface area contributed by atoms with Gasteiger partial charge in [0.2, 0.25) is 5.91 Å². The summed E-state index contributed by atoms with van der Waals surface area (Å²) in [6.07, 6.45) is 5.82. The lowest BCUT2D eigenvalue weighted by Crippen LogP contribution is -2.31. The van der Waals surface area contributed by atoms with Gasteiger partial charge in [0.1, 0.15) is 11.6 Å². The Hall–Kier alpha value is -3.46. The van der Waals surface area contributed by atoms with Crippen LogP contribution in [0.2, 0.25) is 0 Å². The molecule has 0 atom stereocenters. The fourth-order valence-corrected chi connectivity index (χ4v) is 2.79. The van der Waals surface area contributed by atoms with E-state index in [1.165, 1.54) is 17.0 Å². The minimum atomic E-state index is -0.333. The van der Waals surface area contributed by atoms with E-state index in [4.69, 9.17) is 6.42 Å². The Morgan fingerprint density at radius 3 is 2.67 bits per heavy atom. The second kappa shape index (κ2) is 8.28. The first-order valence-electron chi connectivity index (χ1n) is 8.50. The summed E-state index contributed by atoms with van der Waals surface area (Å²) < 4.78 is 13.0. The molecule has 0 fully saturated rings. The van der Waals surface area contributed by atoms with E-state index in [9.17, 15) is 14.0 Å². The summed E-state index contributed by atoms with van der Waals surface area (Å²) in [5.41, 5.74) is 1.16. The molecule has 1 N–H and O–H groups in total. The van der Waals surface area contributed by atoms with Crippen LogP contribution < -0.4 is 5.56 Å². The van der Waals surface area contributed by atoms with Crippen LogP contribution in [-0.2, 0) is 17.8 Å². The van der Waals surface area contributed by atoms with E-state index in [1.54, 1.807) is 36.4 Å². The number of benzene rings is 2. The van der Waals surface area contributed by atoms with Gasteiger partial charge < -0.3 is 9.88 Å². The quantitative estimate of drug-likeness (QED) is 0.685. The standard InChI is InChI=1S/C21H18FN3O2/c1-2-13-25(14-15-7-9-16(22)10-8-15)20(26)12-11-19-23-18-6-4-3-5-17(18)21(27)24-19/h1,3-10H,11-14H2,(H,23,24,27). The number of amides is 1. The topological polar surface area (TPSA) is 66.1 Å². The smallest absolute Gasteiger partial charge is 0.258 e. The number of nitrogens with zero attached hydrogens (tertiary/aromatic N) is 2. The van der Waals surface area contributed by atoms with Gasteiger partial charge in [0.05, 0.1) is 17.4 Å². The van der Waals surface area contributed by atoms with E-state index >= 15 is 0 Å². The molecule has 0 unspecified atom stereocenters. The molecule has 6 heteroatoms. The summed E-state index contributed by atoms with van der Waals surface area (Å²) in [5, 5.41) is 0.512. The summed E-state index contributed by atoms with van der Waals surface area (Å²) in [6.45, 7) is 0.447. The van der Waals surface area contributed by atoms with Crippen LogP contribution in [0, 0.1) is 18.2 Å². The molecule has 1 aromatic heterocycles. The number of rotatable bonds is 6. The van der Waals surface area contributed by atoms with E-state index in [0.717, 1.165) is 5.56 Å². The second-order valence-electron chi connectivity index (χ2n) is 6.11. The number of carbonyl (C=O) groups excluding carboxylic acids is 1. The molecule has 0 aliphatic carbocycles. The first-order chi connectivity index (χ1) is 13.1. The number of carbonyl (C=O) groups is 1. The Balaban J connectivity index is 1.70. The minimum Gasteiger partial charge on any atom is -0.327 e. The lowest BCUT2D eigenvalue weighted by atomic mass is 10.2. The third-order valence-corrected chi connectivity index (χ3v) is 4.16. The molecule has 27 heavy (non-hydrogen) atoms. The zero-order valence-corrected chi connectivity index (χ0v) is 14.6. The lowest BCUT2D eigenvalue weighted by molar-refractivity contribution is -0.131. The largest absolute Gasteiger partial charge is 0.327 e. The zero-order chi connectivity index (χ0) is 19.2. The molecule has 0 aliphatic rings. The van der Waals surface area contributed by atoms with Gasteiger partial charge in [-0.15, -0.1) is 6.42 Å². The molecule has 0 aliphatic heterocycles. The number of nitrogens with one attached hydrogen (secondary N) is 1. The molecule has 0 spiro atoms. The van der Waals surface area contributed by atoms with Crippen LogP contribution >= 0.6 is 0 Å². The molecule has 3 rings (SSSR count). The minimum absolute atomic E-state index is 0.151. The molecule has 136 valence electrons. The lowest BCUT2D eigenvalue weighted by Gasteiger charge is -2.20. The number of halogens is 1. The van der Waals surface area contributed by atoms with Crippen LogP contribution in [-0.4, -0.2) is 27.3 Å². The molecule has 0 radical (unpaired) electrons. The molecule has 2 aromatic carbocycles. The van der Waals surface area contributed by atoms with Crippen molar-refractivity contribution in [3.8, 4) is 12.3 Å². The van der Waals surface area contributed by atoms with Crippen molar-refractivity contribution in [3.05, 3.63) is 76.1 Å². The summed E-state index contributed by atoms with van der Waals surface area (Å²) in [5.74, 6) is 2.43. The van der Waals surface area contributed by atoms with Gasteiger partial charge in [-0.25, -0.2) is 9.37 Å². The predicted molar refractivity (Wildman–Crippen MR) is 101 cm³/mol. The van der Waals surface area contributed by atoms with E-state index in [-0.39, 0.29) is 30.2 Å². The van der Waals surface area contributed by atoms with E-state index in [1.807, 2.05) is 0 Å². The maximum atomic E-state index is 13.0. The van der Waals surface area contributed by atoms with E-state index in [2.05, 4.69) is 15.9 Å². The highest BCUT2D eigenvalue weighted by molar-refractivity contribution is 5.78. The van der Waals surface area contributed by atoms with Crippen molar-refractivity contribution in [1.82, 2.24) is 14.9 Å². The van der Waals surface area contributed by atoms with Crippen LogP contribution in [0.15, 0.2) is 53.3 Å². The van der Waals surface area contributed by atoms with Crippen molar-refractivity contribution < 1.29 is 9.18 Å². The number of hydrogen-bond acceptors (Lipinski definition) is 3. The summed E-state index contributed by atoms with van der Waals surface area (Å²) in [7, 11) is 0. The Labute approximate surface area is 155 Å². The number of aryl methyl sites for hydroxylation is 1. The number of hydrogen-bond donors (Lipinski definition) is 1. The van der Waals surface area contributed by atoms with Crippen LogP contribution in [0.25, 0.3) is 10.9 Å². The molecular weight excluding hydrogens is 345 g/mol. The number of aromatic amines is 1. The third kappa shape index (κ3) is 4.59. The van der Waals surface area contributed by atoms with Crippen LogP contribution in [0.4, 0.5) is 4.39 Å². The van der Waals surface area contributed by atoms with Gasteiger partial charge in [0.15, 0.2) is 0 Å². The van der Waals surface area contributed by atoms with E-state index in [0.29, 0.717) is 29.7 Å². The molecule has 1 amide bonds. The SMILES string of the molecule is C#CCN(Cc1ccc(F)cc1)C(=O)CCc1nc2ccccc2c(=O)[nH]1. The molecule has 1 heterocycles. The average molecular weight is 363 g/mol. The Morgan fingerprint density at radius 1 is 1.19 bits per heavy atom. The molecule has 0 saturated carbocycles. The van der Waals surface area contributed by atoms with Crippen molar-refractivity contribution in [1.29, 1.82) is 0 Å². The maximum absolute atomic E-state index is 13.0. The Morgan fingerprint density at radius 2 is 1.93 bits per heavy atom. The number of H-pyrrole nitrogens is 1. The molecule has 3 aromatic rings. The van der Waals surface area contributed by atoms with Crippen LogP contribution in [0.3, 0.4) is 0 Å². The van der Waals surface area contributed by atoms with Crippen molar-refractivity contribution in [2.24, 2.45) is 0 Å². The van der Waals surface area contributed by atoms with Crippen LogP contribution in [0.5, 0.6) is 0 Å². The monoisotopic (exact) mass is 363 g/mol. The second-order valence-corrected chi connectivity index (χ2v) is 6.11. The van der Waals surface area contributed by atoms with E-state index < -0.39 is 0 Å². The van der Waals surface area contributed by atoms with Gasteiger partial charge in [-0.05, 0) is 29.8 Å². The number of terminal acetylenes is 1. The molecule has 0 bridgehead atoms. The highest BCUT2D eigenvalue weighted by Gasteiger charge is 2.14. The first-order valence-corrected chi connectivity index (χ1v) is 8.50. The number of fused-ring (bicyclic) bond motifs is 1. The van der Waals surface area contributed by atoms with Crippen LogP contribution in [0.1, 0.15) is 17.8 Å². The number of para-hydroxylation sites is 1. The van der Waals surface area contributed by atoms with Crippen molar-refractivity contribution in [2.45, 2.75) is 19.4 Å². The summed E-state index contributed by atoms with van der Waals surface area (Å²) in [6, 6.07) is 13.0. The Kier molecular flexibility index (Phi) is 5.62. The number of aromatic nitrogens is 2. The van der Waals surface area contributed by atoms with Gasteiger partial charge in [0.25, 0.3) is 5.56 Å². The first kappa shape index (κ1) is 18.3. The van der Waals surface area contributed by atoms with Gasteiger partial charge >= 0.3 is 0 Å². The fourth-order valence-electron chi connectivity index (χ4n) is 2.79. The van der Waals surface area contributed by atoms with Crippen molar-refractivity contribution >= 4 is 16.8 Å². The molecule has 5 nitrogen and oxygen atoms in total. The normalized spacial score (nSPS) is 10.5. The van der Waals surface area contributed by atoms with Gasteiger partial charge in [-0.3, -0.25) is 9.59 Å². The van der Waals surface area contributed by atoms with Gasteiger partial charge in [0, 0.05) is 19.4 Å². The summed E-state index contributed by atoms with van der Waals surface area (Å²) >= 11 is 0. The van der Waals surface area contributed by atoms with Crippen molar-refractivity contribution in [2.75, 3.05) is 6.54 Å². The zero-order valence-electron chi connectivity index (χ0n) is 14.6.